The Morgan fingerprint density at radius 1 is 1.32 bits per heavy atom. The molecule has 19 heavy (non-hydrogen) atoms. The molecule has 0 amide bonds. The van der Waals surface area contributed by atoms with Crippen molar-refractivity contribution >= 4 is 11.6 Å². The first-order chi connectivity index (χ1) is 9.15. The highest BCUT2D eigenvalue weighted by Crippen LogP contribution is 2.39. The van der Waals surface area contributed by atoms with Gasteiger partial charge in [-0.05, 0) is 33.1 Å². The summed E-state index contributed by atoms with van der Waals surface area (Å²) >= 11 is 0. The average Bonchev–Trinajstić information content (AvgIpc) is 3.15. The molecule has 2 atom stereocenters. The van der Waals surface area contributed by atoms with Crippen LogP contribution in [0.25, 0.3) is 0 Å². The Hall–Kier alpha value is -1.36. The number of nitrogens with two attached hydrogens (primary N) is 1. The molecule has 5 heteroatoms. The molecular formula is C14H22N4O. The van der Waals surface area contributed by atoms with Gasteiger partial charge >= 0.3 is 0 Å². The first-order valence-electron chi connectivity index (χ1n) is 7.14. The number of ether oxygens (including phenoxy) is 1. The topological polar surface area (TPSA) is 73.1 Å². The normalized spacial score (nSPS) is 26.6. The lowest BCUT2D eigenvalue weighted by Crippen LogP contribution is -2.22. The molecule has 1 aliphatic heterocycles. The third-order valence-corrected chi connectivity index (χ3v) is 4.21. The summed E-state index contributed by atoms with van der Waals surface area (Å²) in [5.74, 6) is 3.49. The molecule has 2 heterocycles. The number of rotatable bonds is 4. The number of nitrogens with one attached hydrogen (secondary N) is 1. The molecule has 0 radical (unpaired) electrons. The van der Waals surface area contributed by atoms with E-state index >= 15 is 0 Å². The molecule has 0 aromatic carbocycles. The zero-order valence-corrected chi connectivity index (χ0v) is 11.6. The molecule has 1 aromatic heterocycles. The van der Waals surface area contributed by atoms with Gasteiger partial charge in [0.2, 0.25) is 0 Å². The van der Waals surface area contributed by atoms with Gasteiger partial charge in [-0.15, -0.1) is 0 Å². The van der Waals surface area contributed by atoms with E-state index in [1.165, 1.54) is 12.8 Å². The van der Waals surface area contributed by atoms with E-state index in [0.29, 0.717) is 23.8 Å². The Bertz CT molecular complexity index is 473. The van der Waals surface area contributed by atoms with Crippen molar-refractivity contribution in [1.29, 1.82) is 0 Å². The molecule has 2 aliphatic rings. The van der Waals surface area contributed by atoms with Gasteiger partial charge < -0.3 is 15.8 Å². The monoisotopic (exact) mass is 262 g/mol. The lowest BCUT2D eigenvalue weighted by molar-refractivity contribution is 0.108. The minimum Gasteiger partial charge on any atom is -0.383 e. The third-order valence-electron chi connectivity index (χ3n) is 4.21. The molecule has 2 unspecified atom stereocenters. The van der Waals surface area contributed by atoms with E-state index in [2.05, 4.69) is 22.2 Å². The van der Waals surface area contributed by atoms with E-state index in [1.54, 1.807) is 0 Å². The molecule has 2 fully saturated rings. The lowest BCUT2D eigenvalue weighted by Gasteiger charge is -2.17. The highest BCUT2D eigenvalue weighted by atomic mass is 16.5. The summed E-state index contributed by atoms with van der Waals surface area (Å²) in [5.41, 5.74) is 6.94. The van der Waals surface area contributed by atoms with Crippen LogP contribution in [0.4, 0.5) is 11.6 Å². The summed E-state index contributed by atoms with van der Waals surface area (Å²) in [5, 5.41) is 3.44. The highest BCUT2D eigenvalue weighted by molar-refractivity contribution is 5.55. The molecule has 3 N–H and O–H groups in total. The standard InChI is InChI=1S/C14H22N4O/c1-8-12(15)17-14(10-3-4-10)18-13(8)16-7-11-5-6-19-9(11)2/h9-11H,3-7H2,1-2H3,(H3,15,16,17,18). The van der Waals surface area contributed by atoms with E-state index in [9.17, 15) is 0 Å². The van der Waals surface area contributed by atoms with Gasteiger partial charge in [0.25, 0.3) is 0 Å². The minimum atomic E-state index is 0.329. The molecule has 0 spiro atoms. The molecule has 1 saturated heterocycles. The molecule has 1 saturated carbocycles. The predicted molar refractivity (Wildman–Crippen MR) is 75.2 cm³/mol. The summed E-state index contributed by atoms with van der Waals surface area (Å²) in [6, 6.07) is 0. The van der Waals surface area contributed by atoms with Crippen LogP contribution in [-0.2, 0) is 4.74 Å². The number of nitrogen functional groups attached to an aromatic ring is 1. The van der Waals surface area contributed by atoms with Crippen LogP contribution in [0.3, 0.4) is 0 Å². The number of hydrogen-bond acceptors (Lipinski definition) is 5. The zero-order chi connectivity index (χ0) is 13.4. The van der Waals surface area contributed by atoms with Crippen molar-refractivity contribution in [3.8, 4) is 0 Å². The minimum absolute atomic E-state index is 0.329. The molecule has 0 bridgehead atoms. The van der Waals surface area contributed by atoms with E-state index in [-0.39, 0.29) is 0 Å². The van der Waals surface area contributed by atoms with Crippen molar-refractivity contribution in [3.05, 3.63) is 11.4 Å². The second-order valence-electron chi connectivity index (χ2n) is 5.72. The fraction of sp³-hybridized carbons (Fsp3) is 0.714. The fourth-order valence-corrected chi connectivity index (χ4v) is 2.52. The van der Waals surface area contributed by atoms with Gasteiger partial charge in [0.1, 0.15) is 17.5 Å². The van der Waals surface area contributed by atoms with Crippen LogP contribution in [0.1, 0.15) is 43.5 Å². The van der Waals surface area contributed by atoms with Gasteiger partial charge in [-0.25, -0.2) is 9.97 Å². The van der Waals surface area contributed by atoms with Gasteiger partial charge in [0, 0.05) is 30.6 Å². The van der Waals surface area contributed by atoms with Crippen LogP contribution in [0.15, 0.2) is 0 Å². The number of nitrogens with zero attached hydrogens (tertiary/aromatic N) is 2. The van der Waals surface area contributed by atoms with E-state index in [0.717, 1.165) is 36.8 Å². The van der Waals surface area contributed by atoms with Crippen molar-refractivity contribution < 1.29 is 4.74 Å². The maximum Gasteiger partial charge on any atom is 0.136 e. The Labute approximate surface area is 114 Å². The maximum absolute atomic E-state index is 5.98. The van der Waals surface area contributed by atoms with Crippen LogP contribution in [0.5, 0.6) is 0 Å². The SMILES string of the molecule is Cc1c(N)nc(C2CC2)nc1NCC1CCOC1C. The molecule has 1 aliphatic carbocycles. The Morgan fingerprint density at radius 2 is 2.11 bits per heavy atom. The highest BCUT2D eigenvalue weighted by Gasteiger charge is 2.28. The quantitative estimate of drug-likeness (QED) is 0.869. The van der Waals surface area contributed by atoms with Crippen molar-refractivity contribution in [2.45, 2.75) is 45.1 Å². The number of anilines is 2. The van der Waals surface area contributed by atoms with Crippen LogP contribution >= 0.6 is 0 Å². The molecule has 3 rings (SSSR count). The van der Waals surface area contributed by atoms with E-state index in [4.69, 9.17) is 10.5 Å². The van der Waals surface area contributed by atoms with Gasteiger partial charge in [-0.1, -0.05) is 0 Å². The van der Waals surface area contributed by atoms with Crippen molar-refractivity contribution in [2.75, 3.05) is 24.2 Å². The lowest BCUT2D eigenvalue weighted by atomic mass is 10.0. The predicted octanol–water partition coefficient (Wildman–Crippen LogP) is 2.08. The van der Waals surface area contributed by atoms with Crippen LogP contribution in [0.2, 0.25) is 0 Å². The summed E-state index contributed by atoms with van der Waals surface area (Å²) in [6.07, 6.45) is 3.82. The Morgan fingerprint density at radius 3 is 2.74 bits per heavy atom. The van der Waals surface area contributed by atoms with Crippen LogP contribution < -0.4 is 11.1 Å². The summed E-state index contributed by atoms with van der Waals surface area (Å²) < 4.78 is 5.58. The van der Waals surface area contributed by atoms with Crippen LogP contribution in [-0.4, -0.2) is 29.2 Å². The second kappa shape index (κ2) is 4.96. The second-order valence-corrected chi connectivity index (χ2v) is 5.72. The fourth-order valence-electron chi connectivity index (χ4n) is 2.52. The summed E-state index contributed by atoms with van der Waals surface area (Å²) in [6.45, 7) is 5.87. The molecule has 104 valence electrons. The van der Waals surface area contributed by atoms with Crippen molar-refractivity contribution in [2.24, 2.45) is 5.92 Å². The first kappa shape index (κ1) is 12.7. The number of hydrogen-bond donors (Lipinski definition) is 2. The summed E-state index contributed by atoms with van der Waals surface area (Å²) in [7, 11) is 0. The van der Waals surface area contributed by atoms with Gasteiger partial charge in [-0.2, -0.15) is 0 Å². The smallest absolute Gasteiger partial charge is 0.136 e. The van der Waals surface area contributed by atoms with Gasteiger partial charge in [-0.3, -0.25) is 0 Å². The Balaban J connectivity index is 1.72. The van der Waals surface area contributed by atoms with Gasteiger partial charge in [0.15, 0.2) is 0 Å². The summed E-state index contributed by atoms with van der Waals surface area (Å²) in [4.78, 5) is 9.03. The van der Waals surface area contributed by atoms with E-state index < -0.39 is 0 Å². The Kier molecular flexibility index (Phi) is 3.31. The van der Waals surface area contributed by atoms with E-state index in [1.807, 2.05) is 6.92 Å². The maximum atomic E-state index is 5.98. The first-order valence-corrected chi connectivity index (χ1v) is 7.14. The van der Waals surface area contributed by atoms with Crippen molar-refractivity contribution in [3.63, 3.8) is 0 Å². The molecule has 1 aromatic rings. The average molecular weight is 262 g/mol. The van der Waals surface area contributed by atoms with Gasteiger partial charge in [0.05, 0.1) is 6.10 Å². The number of aromatic nitrogens is 2. The largest absolute Gasteiger partial charge is 0.383 e. The van der Waals surface area contributed by atoms with Crippen molar-refractivity contribution in [1.82, 2.24) is 9.97 Å². The van der Waals surface area contributed by atoms with Crippen LogP contribution in [0, 0.1) is 12.8 Å². The third kappa shape index (κ3) is 2.66. The molecular weight excluding hydrogens is 240 g/mol. The molecule has 5 nitrogen and oxygen atoms in total. The zero-order valence-electron chi connectivity index (χ0n) is 11.6.